The summed E-state index contributed by atoms with van der Waals surface area (Å²) in [7, 11) is 0. The SMILES string of the molecule is CCNC(Cn1cccnc1=O)c1cc2ccccc2o1. The summed E-state index contributed by atoms with van der Waals surface area (Å²) in [5, 5.41) is 4.42. The minimum atomic E-state index is -0.253. The molecule has 2 heterocycles. The number of hydrogen-bond acceptors (Lipinski definition) is 4. The first-order valence-corrected chi connectivity index (χ1v) is 7.01. The van der Waals surface area contributed by atoms with E-state index in [4.69, 9.17) is 4.42 Å². The number of aromatic nitrogens is 2. The van der Waals surface area contributed by atoms with E-state index in [1.807, 2.05) is 37.3 Å². The average Bonchev–Trinajstić information content (AvgIpc) is 2.93. The lowest BCUT2D eigenvalue weighted by Gasteiger charge is -2.16. The maximum atomic E-state index is 11.8. The molecule has 0 aliphatic carbocycles. The van der Waals surface area contributed by atoms with Gasteiger partial charge in [0.1, 0.15) is 11.3 Å². The van der Waals surface area contributed by atoms with Crippen LogP contribution in [0.25, 0.3) is 11.0 Å². The van der Waals surface area contributed by atoms with Gasteiger partial charge in [0.15, 0.2) is 0 Å². The van der Waals surface area contributed by atoms with Crippen LogP contribution >= 0.6 is 0 Å². The Morgan fingerprint density at radius 2 is 2.19 bits per heavy atom. The van der Waals surface area contributed by atoms with Crippen molar-refractivity contribution in [2.75, 3.05) is 6.54 Å². The fourth-order valence-electron chi connectivity index (χ4n) is 2.40. The standard InChI is InChI=1S/C16H17N3O2/c1-2-17-13(11-19-9-5-8-18-16(19)20)15-10-12-6-3-4-7-14(12)21-15/h3-10,13,17H,2,11H2,1H3. The highest BCUT2D eigenvalue weighted by molar-refractivity contribution is 5.77. The van der Waals surface area contributed by atoms with E-state index in [2.05, 4.69) is 10.3 Å². The first kappa shape index (κ1) is 13.6. The van der Waals surface area contributed by atoms with E-state index in [1.165, 1.54) is 6.20 Å². The van der Waals surface area contributed by atoms with Crippen LogP contribution in [0.15, 0.2) is 58.0 Å². The number of likely N-dealkylation sites (N-methyl/N-ethyl adjacent to an activating group) is 1. The number of hydrogen-bond donors (Lipinski definition) is 1. The van der Waals surface area contributed by atoms with Gasteiger partial charge in [-0.1, -0.05) is 25.1 Å². The molecular formula is C16H17N3O2. The molecular weight excluding hydrogens is 266 g/mol. The number of nitrogens with one attached hydrogen (secondary N) is 1. The van der Waals surface area contributed by atoms with E-state index in [9.17, 15) is 4.79 Å². The molecule has 1 N–H and O–H groups in total. The zero-order valence-corrected chi connectivity index (χ0v) is 11.8. The molecule has 0 amide bonds. The Balaban J connectivity index is 1.94. The van der Waals surface area contributed by atoms with Crippen LogP contribution < -0.4 is 11.0 Å². The third-order valence-corrected chi connectivity index (χ3v) is 3.40. The lowest BCUT2D eigenvalue weighted by Crippen LogP contribution is -2.30. The summed E-state index contributed by atoms with van der Waals surface area (Å²) < 4.78 is 7.48. The van der Waals surface area contributed by atoms with Gasteiger partial charge in [-0.25, -0.2) is 9.78 Å². The fourth-order valence-corrected chi connectivity index (χ4v) is 2.40. The summed E-state index contributed by atoms with van der Waals surface area (Å²) in [4.78, 5) is 15.5. The topological polar surface area (TPSA) is 60.1 Å². The van der Waals surface area contributed by atoms with Crippen molar-refractivity contribution in [3.8, 4) is 0 Å². The first-order chi connectivity index (χ1) is 10.3. The molecule has 1 unspecified atom stereocenters. The smallest absolute Gasteiger partial charge is 0.347 e. The summed E-state index contributed by atoms with van der Waals surface area (Å²) in [6.07, 6.45) is 3.24. The van der Waals surface area contributed by atoms with E-state index in [-0.39, 0.29) is 11.7 Å². The maximum Gasteiger partial charge on any atom is 0.347 e. The van der Waals surface area contributed by atoms with E-state index in [0.29, 0.717) is 6.54 Å². The molecule has 0 aliphatic rings. The molecule has 0 radical (unpaired) electrons. The van der Waals surface area contributed by atoms with Crippen LogP contribution in [0.1, 0.15) is 18.7 Å². The van der Waals surface area contributed by atoms with Crippen molar-refractivity contribution in [1.82, 2.24) is 14.9 Å². The minimum Gasteiger partial charge on any atom is -0.459 e. The predicted molar refractivity (Wildman–Crippen MR) is 81.1 cm³/mol. The molecule has 0 fully saturated rings. The summed E-state index contributed by atoms with van der Waals surface area (Å²) in [6.45, 7) is 3.30. The van der Waals surface area contributed by atoms with E-state index < -0.39 is 0 Å². The Hall–Kier alpha value is -2.40. The van der Waals surface area contributed by atoms with Crippen molar-refractivity contribution < 1.29 is 4.42 Å². The summed E-state index contributed by atoms with van der Waals surface area (Å²) >= 11 is 0. The van der Waals surface area contributed by atoms with Crippen molar-refractivity contribution in [1.29, 1.82) is 0 Å². The Labute approximate surface area is 122 Å². The van der Waals surface area contributed by atoms with Crippen LogP contribution in [-0.4, -0.2) is 16.1 Å². The third kappa shape index (κ3) is 2.87. The second kappa shape index (κ2) is 5.93. The van der Waals surface area contributed by atoms with E-state index >= 15 is 0 Å². The molecule has 0 spiro atoms. The highest BCUT2D eigenvalue weighted by Crippen LogP contribution is 2.24. The molecule has 21 heavy (non-hydrogen) atoms. The second-order valence-electron chi connectivity index (χ2n) is 4.85. The molecule has 0 aliphatic heterocycles. The molecule has 1 atom stereocenters. The predicted octanol–water partition coefficient (Wildman–Crippen LogP) is 2.34. The van der Waals surface area contributed by atoms with Gasteiger partial charge in [-0.2, -0.15) is 0 Å². The van der Waals surface area contributed by atoms with Crippen LogP contribution in [0.4, 0.5) is 0 Å². The number of fused-ring (bicyclic) bond motifs is 1. The van der Waals surface area contributed by atoms with Crippen molar-refractivity contribution in [2.45, 2.75) is 19.5 Å². The van der Waals surface area contributed by atoms with Crippen LogP contribution in [0.3, 0.4) is 0 Å². The quantitative estimate of drug-likeness (QED) is 0.780. The highest BCUT2D eigenvalue weighted by Gasteiger charge is 2.16. The molecule has 3 rings (SSSR count). The van der Waals surface area contributed by atoms with Gasteiger partial charge in [-0.15, -0.1) is 0 Å². The maximum absolute atomic E-state index is 11.8. The van der Waals surface area contributed by atoms with Crippen LogP contribution in [0, 0.1) is 0 Å². The number of furan rings is 1. The van der Waals surface area contributed by atoms with Crippen LogP contribution in [0.2, 0.25) is 0 Å². The monoisotopic (exact) mass is 283 g/mol. The number of para-hydroxylation sites is 1. The number of nitrogens with zero attached hydrogens (tertiary/aromatic N) is 2. The highest BCUT2D eigenvalue weighted by atomic mass is 16.3. The van der Waals surface area contributed by atoms with E-state index in [0.717, 1.165) is 23.3 Å². The fraction of sp³-hybridized carbons (Fsp3) is 0.250. The lowest BCUT2D eigenvalue weighted by molar-refractivity contribution is 0.389. The van der Waals surface area contributed by atoms with Gasteiger partial charge in [0, 0.05) is 24.3 Å². The van der Waals surface area contributed by atoms with Crippen molar-refractivity contribution in [3.63, 3.8) is 0 Å². The Bertz CT molecular complexity index is 758. The van der Waals surface area contributed by atoms with Gasteiger partial charge in [-0.3, -0.25) is 4.57 Å². The summed E-state index contributed by atoms with van der Waals surface area (Å²) in [5.74, 6) is 0.828. The van der Waals surface area contributed by atoms with Gasteiger partial charge in [0.2, 0.25) is 0 Å². The number of rotatable bonds is 5. The summed E-state index contributed by atoms with van der Waals surface area (Å²) in [6, 6.07) is 11.6. The Kier molecular flexibility index (Phi) is 3.83. The first-order valence-electron chi connectivity index (χ1n) is 7.01. The van der Waals surface area contributed by atoms with Gasteiger partial charge in [-0.05, 0) is 24.7 Å². The number of benzene rings is 1. The Morgan fingerprint density at radius 1 is 1.33 bits per heavy atom. The molecule has 108 valence electrons. The van der Waals surface area contributed by atoms with Gasteiger partial charge in [0.25, 0.3) is 0 Å². The molecule has 3 aromatic rings. The van der Waals surface area contributed by atoms with Gasteiger partial charge >= 0.3 is 5.69 Å². The molecule has 5 heteroatoms. The molecule has 0 saturated carbocycles. The van der Waals surface area contributed by atoms with Gasteiger partial charge in [0.05, 0.1) is 6.04 Å². The Morgan fingerprint density at radius 3 is 2.95 bits per heavy atom. The normalized spacial score (nSPS) is 12.6. The molecule has 5 nitrogen and oxygen atoms in total. The van der Waals surface area contributed by atoms with Crippen molar-refractivity contribution >= 4 is 11.0 Å². The van der Waals surface area contributed by atoms with E-state index in [1.54, 1.807) is 16.8 Å². The van der Waals surface area contributed by atoms with Crippen molar-refractivity contribution in [2.24, 2.45) is 0 Å². The molecule has 1 aromatic carbocycles. The summed E-state index contributed by atoms with van der Waals surface area (Å²) in [5.41, 5.74) is 0.602. The molecule has 2 aromatic heterocycles. The zero-order chi connectivity index (χ0) is 14.7. The average molecular weight is 283 g/mol. The van der Waals surface area contributed by atoms with Gasteiger partial charge < -0.3 is 9.73 Å². The largest absolute Gasteiger partial charge is 0.459 e. The zero-order valence-electron chi connectivity index (χ0n) is 11.8. The lowest BCUT2D eigenvalue weighted by atomic mass is 10.2. The molecule has 0 saturated heterocycles. The third-order valence-electron chi connectivity index (χ3n) is 3.40. The molecule has 0 bridgehead atoms. The van der Waals surface area contributed by atoms with Crippen LogP contribution in [0.5, 0.6) is 0 Å². The minimum absolute atomic E-state index is 0.0655. The van der Waals surface area contributed by atoms with Crippen LogP contribution in [-0.2, 0) is 6.54 Å². The second-order valence-corrected chi connectivity index (χ2v) is 4.85. The van der Waals surface area contributed by atoms with Crippen molar-refractivity contribution in [3.05, 3.63) is 65.0 Å².